The lowest BCUT2D eigenvalue weighted by atomic mass is 10.4. The van der Waals surface area contributed by atoms with Gasteiger partial charge in [0.1, 0.15) is 5.82 Å². The third kappa shape index (κ3) is 2.95. The Labute approximate surface area is 65.3 Å². The number of hydrogen-bond donors (Lipinski definition) is 2. The first-order valence-electron chi connectivity index (χ1n) is 3.54. The van der Waals surface area contributed by atoms with Crippen LogP contribution in [-0.4, -0.2) is 28.2 Å². The predicted octanol–water partition coefficient (Wildman–Crippen LogP) is 0.271. The molecule has 0 saturated heterocycles. The predicted molar refractivity (Wildman–Crippen MR) is 42.2 cm³/mol. The third-order valence-corrected chi connectivity index (χ3v) is 1.20. The van der Waals surface area contributed by atoms with Gasteiger partial charge in [-0.25, -0.2) is 4.98 Å². The van der Waals surface area contributed by atoms with Gasteiger partial charge in [0.15, 0.2) is 0 Å². The second-order valence-corrected chi connectivity index (χ2v) is 2.09. The zero-order chi connectivity index (χ0) is 7.94. The van der Waals surface area contributed by atoms with Crippen LogP contribution in [-0.2, 0) is 0 Å². The molecule has 1 aromatic rings. The minimum Gasteiger partial charge on any atom is -0.396 e. The van der Waals surface area contributed by atoms with E-state index >= 15 is 0 Å². The quantitative estimate of drug-likeness (QED) is 0.610. The highest BCUT2D eigenvalue weighted by Gasteiger charge is 1.89. The third-order valence-electron chi connectivity index (χ3n) is 1.20. The van der Waals surface area contributed by atoms with E-state index in [4.69, 9.17) is 5.11 Å². The van der Waals surface area contributed by atoms with Crippen molar-refractivity contribution in [1.82, 2.24) is 9.97 Å². The lowest BCUT2D eigenvalue weighted by Gasteiger charge is -2.01. The minimum atomic E-state index is 0.202. The van der Waals surface area contributed by atoms with Crippen molar-refractivity contribution in [2.75, 3.05) is 18.5 Å². The lowest BCUT2D eigenvalue weighted by Crippen LogP contribution is -2.04. The average Bonchev–Trinajstić information content (AvgIpc) is 2.07. The first-order valence-corrected chi connectivity index (χ1v) is 3.54. The molecule has 2 N–H and O–H groups in total. The number of nitrogens with one attached hydrogen (secondary N) is 1. The molecule has 0 aliphatic rings. The molecule has 1 aromatic heterocycles. The molecule has 0 saturated carbocycles. The number of nitrogens with zero attached hydrogens (tertiary/aromatic N) is 2. The molecule has 1 heterocycles. The smallest absolute Gasteiger partial charge is 0.144 e. The summed E-state index contributed by atoms with van der Waals surface area (Å²) < 4.78 is 0. The standard InChI is InChI=1S/C7H11N3O/c11-5-1-2-9-7-6-8-3-4-10-7/h3-4,6,11H,1-2,5H2,(H,9,10). The molecule has 4 nitrogen and oxygen atoms in total. The molecule has 1 rings (SSSR count). The van der Waals surface area contributed by atoms with Gasteiger partial charge >= 0.3 is 0 Å². The molecule has 0 spiro atoms. The van der Waals surface area contributed by atoms with E-state index in [0.717, 1.165) is 18.8 Å². The Kier molecular flexibility index (Phi) is 3.34. The fourth-order valence-electron chi connectivity index (χ4n) is 0.686. The van der Waals surface area contributed by atoms with Gasteiger partial charge in [-0.3, -0.25) is 4.98 Å². The van der Waals surface area contributed by atoms with E-state index in [1.165, 1.54) is 0 Å². The Morgan fingerprint density at radius 1 is 1.45 bits per heavy atom. The summed E-state index contributed by atoms with van der Waals surface area (Å²) in [6.45, 7) is 0.933. The van der Waals surface area contributed by atoms with E-state index < -0.39 is 0 Å². The molecular formula is C7H11N3O. The summed E-state index contributed by atoms with van der Waals surface area (Å²) in [7, 11) is 0. The highest BCUT2D eigenvalue weighted by molar-refractivity contribution is 5.29. The van der Waals surface area contributed by atoms with Crippen LogP contribution >= 0.6 is 0 Å². The van der Waals surface area contributed by atoms with Crippen LogP contribution in [0.2, 0.25) is 0 Å². The maximum Gasteiger partial charge on any atom is 0.144 e. The van der Waals surface area contributed by atoms with E-state index in [1.54, 1.807) is 18.6 Å². The highest BCUT2D eigenvalue weighted by atomic mass is 16.3. The van der Waals surface area contributed by atoms with Crippen molar-refractivity contribution < 1.29 is 5.11 Å². The van der Waals surface area contributed by atoms with Crippen LogP contribution in [0.25, 0.3) is 0 Å². The van der Waals surface area contributed by atoms with Crippen LogP contribution in [0.4, 0.5) is 5.82 Å². The molecule has 11 heavy (non-hydrogen) atoms. The van der Waals surface area contributed by atoms with Crippen molar-refractivity contribution in [3.8, 4) is 0 Å². The van der Waals surface area contributed by atoms with Crippen molar-refractivity contribution in [3.05, 3.63) is 18.6 Å². The molecule has 0 bridgehead atoms. The fraction of sp³-hybridized carbons (Fsp3) is 0.429. The molecule has 0 aromatic carbocycles. The van der Waals surface area contributed by atoms with E-state index in [1.807, 2.05) is 0 Å². The van der Waals surface area contributed by atoms with Crippen molar-refractivity contribution in [2.24, 2.45) is 0 Å². The van der Waals surface area contributed by atoms with Crippen LogP contribution in [0.3, 0.4) is 0 Å². The first kappa shape index (κ1) is 7.94. The van der Waals surface area contributed by atoms with Gasteiger partial charge in [-0.2, -0.15) is 0 Å². The largest absolute Gasteiger partial charge is 0.396 e. The summed E-state index contributed by atoms with van der Waals surface area (Å²) in [6.07, 6.45) is 5.63. The summed E-state index contributed by atoms with van der Waals surface area (Å²) in [5.74, 6) is 0.751. The number of aromatic nitrogens is 2. The van der Waals surface area contributed by atoms with Gasteiger partial charge in [0.2, 0.25) is 0 Å². The summed E-state index contributed by atoms with van der Waals surface area (Å²) in [4.78, 5) is 7.87. The first-order chi connectivity index (χ1) is 5.43. The molecule has 60 valence electrons. The van der Waals surface area contributed by atoms with E-state index in [0.29, 0.717) is 0 Å². The highest BCUT2D eigenvalue weighted by Crippen LogP contribution is 1.95. The Balaban J connectivity index is 2.28. The summed E-state index contributed by atoms with van der Waals surface area (Å²) >= 11 is 0. The van der Waals surface area contributed by atoms with Gasteiger partial charge in [0.05, 0.1) is 6.20 Å². The van der Waals surface area contributed by atoms with Crippen LogP contribution in [0.1, 0.15) is 6.42 Å². The van der Waals surface area contributed by atoms with Gasteiger partial charge in [0.25, 0.3) is 0 Å². The molecule has 0 fully saturated rings. The van der Waals surface area contributed by atoms with Crippen molar-refractivity contribution >= 4 is 5.82 Å². The van der Waals surface area contributed by atoms with Gasteiger partial charge in [-0.05, 0) is 6.42 Å². The monoisotopic (exact) mass is 153 g/mol. The molecular weight excluding hydrogens is 142 g/mol. The number of hydrogen-bond acceptors (Lipinski definition) is 4. The zero-order valence-corrected chi connectivity index (χ0v) is 6.20. The van der Waals surface area contributed by atoms with Crippen LogP contribution in [0, 0.1) is 0 Å². The van der Waals surface area contributed by atoms with Gasteiger partial charge in [-0.15, -0.1) is 0 Å². The number of aliphatic hydroxyl groups excluding tert-OH is 1. The van der Waals surface area contributed by atoms with Crippen LogP contribution in [0.5, 0.6) is 0 Å². The Bertz CT molecular complexity index is 190. The second-order valence-electron chi connectivity index (χ2n) is 2.09. The maximum absolute atomic E-state index is 8.47. The lowest BCUT2D eigenvalue weighted by molar-refractivity contribution is 0.292. The summed E-state index contributed by atoms with van der Waals surface area (Å²) in [6, 6.07) is 0. The van der Waals surface area contributed by atoms with E-state index in [-0.39, 0.29) is 6.61 Å². The molecule has 0 amide bonds. The van der Waals surface area contributed by atoms with E-state index in [9.17, 15) is 0 Å². The van der Waals surface area contributed by atoms with Crippen molar-refractivity contribution in [3.63, 3.8) is 0 Å². The summed E-state index contributed by atoms with van der Waals surface area (Å²) in [5, 5.41) is 11.5. The molecule has 0 atom stereocenters. The van der Waals surface area contributed by atoms with E-state index in [2.05, 4.69) is 15.3 Å². The number of rotatable bonds is 4. The molecule has 0 radical (unpaired) electrons. The van der Waals surface area contributed by atoms with Gasteiger partial charge in [0, 0.05) is 25.5 Å². The topological polar surface area (TPSA) is 58.0 Å². The van der Waals surface area contributed by atoms with Gasteiger partial charge in [-0.1, -0.05) is 0 Å². The summed E-state index contributed by atoms with van der Waals surface area (Å²) in [5.41, 5.74) is 0. The van der Waals surface area contributed by atoms with Crippen LogP contribution in [0.15, 0.2) is 18.6 Å². The van der Waals surface area contributed by atoms with Crippen molar-refractivity contribution in [1.29, 1.82) is 0 Å². The normalized spacial score (nSPS) is 9.55. The molecule has 0 unspecified atom stereocenters. The zero-order valence-electron chi connectivity index (χ0n) is 6.20. The average molecular weight is 153 g/mol. The Morgan fingerprint density at radius 3 is 3.00 bits per heavy atom. The Morgan fingerprint density at radius 2 is 2.36 bits per heavy atom. The Hall–Kier alpha value is -1.16. The number of aliphatic hydroxyl groups is 1. The fourth-order valence-corrected chi connectivity index (χ4v) is 0.686. The molecule has 0 aliphatic carbocycles. The second kappa shape index (κ2) is 4.62. The molecule has 0 aliphatic heterocycles. The van der Waals surface area contributed by atoms with Crippen LogP contribution < -0.4 is 5.32 Å². The van der Waals surface area contributed by atoms with Gasteiger partial charge < -0.3 is 10.4 Å². The SMILES string of the molecule is OCCCNc1cnccn1. The molecule has 4 heteroatoms. The minimum absolute atomic E-state index is 0.202. The maximum atomic E-state index is 8.47. The van der Waals surface area contributed by atoms with Crippen molar-refractivity contribution in [2.45, 2.75) is 6.42 Å². The number of anilines is 1.